The molecule has 1 heterocycles. The summed E-state index contributed by atoms with van der Waals surface area (Å²) in [4.78, 5) is 18.0. The Bertz CT molecular complexity index is 552. The molecular formula is C16H19N3O. The van der Waals surface area contributed by atoms with Crippen LogP contribution in [0.25, 0.3) is 0 Å². The molecule has 0 atom stereocenters. The maximum absolute atomic E-state index is 11.8. The molecule has 4 heteroatoms. The average Bonchev–Trinajstić information content (AvgIpc) is 2.53. The third kappa shape index (κ3) is 3.35. The van der Waals surface area contributed by atoms with Crippen LogP contribution in [0.5, 0.6) is 0 Å². The fourth-order valence-electron chi connectivity index (χ4n) is 1.85. The summed E-state index contributed by atoms with van der Waals surface area (Å²) in [7, 11) is 1.98. The lowest BCUT2D eigenvalue weighted by atomic mass is 10.2. The number of anilines is 2. The van der Waals surface area contributed by atoms with Gasteiger partial charge >= 0.3 is 0 Å². The largest absolute Gasteiger partial charge is 0.351 e. The van der Waals surface area contributed by atoms with Crippen molar-refractivity contribution in [2.24, 2.45) is 0 Å². The molecular weight excluding hydrogens is 250 g/mol. The van der Waals surface area contributed by atoms with Crippen LogP contribution in [0.1, 0.15) is 23.8 Å². The summed E-state index contributed by atoms with van der Waals surface area (Å²) in [5, 5.41) is 2.81. The number of pyridine rings is 1. The fraction of sp³-hybridized carbons (Fsp3) is 0.250. The highest BCUT2D eigenvalue weighted by molar-refractivity contribution is 5.92. The normalized spacial score (nSPS) is 10.1. The van der Waals surface area contributed by atoms with Crippen molar-refractivity contribution in [2.75, 3.05) is 18.5 Å². The van der Waals surface area contributed by atoms with E-state index < -0.39 is 0 Å². The lowest BCUT2D eigenvalue weighted by Gasteiger charge is -2.19. The van der Waals surface area contributed by atoms with Crippen molar-refractivity contribution >= 4 is 17.3 Å². The highest BCUT2D eigenvalue weighted by Crippen LogP contribution is 2.22. The smallest absolute Gasteiger partial charge is 0.269 e. The van der Waals surface area contributed by atoms with Crippen molar-refractivity contribution in [1.82, 2.24) is 10.3 Å². The maximum atomic E-state index is 11.8. The lowest BCUT2D eigenvalue weighted by molar-refractivity contribution is 0.0949. The first kappa shape index (κ1) is 14.1. The van der Waals surface area contributed by atoms with Gasteiger partial charge in [-0.1, -0.05) is 25.1 Å². The molecule has 0 saturated carbocycles. The van der Waals surface area contributed by atoms with Gasteiger partial charge < -0.3 is 10.2 Å². The maximum Gasteiger partial charge on any atom is 0.269 e. The monoisotopic (exact) mass is 269 g/mol. The molecule has 2 rings (SSSR count). The lowest BCUT2D eigenvalue weighted by Crippen LogP contribution is -2.25. The van der Waals surface area contributed by atoms with Gasteiger partial charge in [-0.15, -0.1) is 0 Å². The minimum absolute atomic E-state index is 0.124. The number of carbonyl (C=O) groups excluding carboxylic acids is 1. The summed E-state index contributed by atoms with van der Waals surface area (Å²) in [5.74, 6) is -0.124. The first-order valence-corrected chi connectivity index (χ1v) is 6.75. The molecule has 20 heavy (non-hydrogen) atoms. The SMILES string of the molecule is CCCNC(=O)c1ccc(N(C)c2ccccc2)cn1. The molecule has 0 fully saturated rings. The first-order valence-electron chi connectivity index (χ1n) is 6.75. The molecule has 1 aromatic heterocycles. The summed E-state index contributed by atoms with van der Waals surface area (Å²) in [6.07, 6.45) is 2.63. The molecule has 0 aliphatic carbocycles. The van der Waals surface area contributed by atoms with Gasteiger partial charge in [-0.05, 0) is 30.7 Å². The molecule has 0 bridgehead atoms. The number of carbonyl (C=O) groups is 1. The zero-order valence-electron chi connectivity index (χ0n) is 11.8. The molecule has 104 valence electrons. The van der Waals surface area contributed by atoms with Crippen LogP contribution in [-0.2, 0) is 0 Å². The predicted octanol–water partition coefficient (Wildman–Crippen LogP) is 2.99. The molecule has 0 aliphatic heterocycles. The van der Waals surface area contributed by atoms with E-state index in [2.05, 4.69) is 10.3 Å². The topological polar surface area (TPSA) is 45.2 Å². The first-order chi connectivity index (χ1) is 9.72. The van der Waals surface area contributed by atoms with E-state index >= 15 is 0 Å². The minimum atomic E-state index is -0.124. The van der Waals surface area contributed by atoms with Crippen molar-refractivity contribution in [2.45, 2.75) is 13.3 Å². The van der Waals surface area contributed by atoms with Gasteiger partial charge in [-0.3, -0.25) is 4.79 Å². The van der Waals surface area contributed by atoms with Crippen LogP contribution < -0.4 is 10.2 Å². The van der Waals surface area contributed by atoms with Gasteiger partial charge in [-0.2, -0.15) is 0 Å². The van der Waals surface area contributed by atoms with Crippen LogP contribution in [0.4, 0.5) is 11.4 Å². The minimum Gasteiger partial charge on any atom is -0.351 e. The molecule has 1 amide bonds. The summed E-state index contributed by atoms with van der Waals surface area (Å²) < 4.78 is 0. The Labute approximate surface area is 119 Å². The second kappa shape index (κ2) is 6.70. The summed E-state index contributed by atoms with van der Waals surface area (Å²) in [6, 6.07) is 13.7. The zero-order chi connectivity index (χ0) is 14.4. The summed E-state index contributed by atoms with van der Waals surface area (Å²) >= 11 is 0. The van der Waals surface area contributed by atoms with Gasteiger partial charge in [0.2, 0.25) is 0 Å². The number of hydrogen-bond acceptors (Lipinski definition) is 3. The molecule has 4 nitrogen and oxygen atoms in total. The third-order valence-corrected chi connectivity index (χ3v) is 3.05. The molecule has 1 aromatic carbocycles. The van der Waals surface area contributed by atoms with Crippen molar-refractivity contribution in [3.8, 4) is 0 Å². The van der Waals surface area contributed by atoms with Gasteiger partial charge in [0, 0.05) is 19.3 Å². The van der Waals surface area contributed by atoms with E-state index in [9.17, 15) is 4.79 Å². The van der Waals surface area contributed by atoms with E-state index in [-0.39, 0.29) is 5.91 Å². The Kier molecular flexibility index (Phi) is 4.71. The number of rotatable bonds is 5. The van der Waals surface area contributed by atoms with Gasteiger partial charge in [0.25, 0.3) is 5.91 Å². The third-order valence-electron chi connectivity index (χ3n) is 3.05. The molecule has 2 aromatic rings. The van der Waals surface area contributed by atoms with Gasteiger partial charge in [0.15, 0.2) is 0 Å². The number of para-hydroxylation sites is 1. The number of amides is 1. The number of hydrogen-bond donors (Lipinski definition) is 1. The van der Waals surface area contributed by atoms with Crippen LogP contribution >= 0.6 is 0 Å². The van der Waals surface area contributed by atoms with Gasteiger partial charge in [0.05, 0.1) is 11.9 Å². The zero-order valence-corrected chi connectivity index (χ0v) is 11.8. The fourth-order valence-corrected chi connectivity index (χ4v) is 1.85. The van der Waals surface area contributed by atoms with Crippen LogP contribution in [0, 0.1) is 0 Å². The van der Waals surface area contributed by atoms with E-state index in [1.807, 2.05) is 55.3 Å². The van der Waals surface area contributed by atoms with E-state index in [1.54, 1.807) is 12.3 Å². The predicted molar refractivity (Wildman–Crippen MR) is 81.4 cm³/mol. The van der Waals surface area contributed by atoms with Crippen LogP contribution in [-0.4, -0.2) is 24.5 Å². The summed E-state index contributed by atoms with van der Waals surface area (Å²) in [5.41, 5.74) is 2.48. The Balaban J connectivity index is 2.10. The van der Waals surface area contributed by atoms with E-state index in [4.69, 9.17) is 0 Å². The van der Waals surface area contributed by atoms with Gasteiger partial charge in [0.1, 0.15) is 5.69 Å². The van der Waals surface area contributed by atoms with Crippen LogP contribution in [0.2, 0.25) is 0 Å². The molecule has 0 unspecified atom stereocenters. The molecule has 0 saturated heterocycles. The Morgan fingerprint density at radius 3 is 2.50 bits per heavy atom. The van der Waals surface area contributed by atoms with E-state index in [1.165, 1.54) is 0 Å². The second-order valence-corrected chi connectivity index (χ2v) is 4.55. The summed E-state index contributed by atoms with van der Waals surface area (Å²) in [6.45, 7) is 2.69. The number of nitrogens with zero attached hydrogens (tertiary/aromatic N) is 2. The molecule has 0 spiro atoms. The van der Waals surface area contributed by atoms with Crippen LogP contribution in [0.3, 0.4) is 0 Å². The Morgan fingerprint density at radius 1 is 1.15 bits per heavy atom. The standard InChI is InChI=1S/C16H19N3O/c1-3-11-17-16(20)15-10-9-14(12-18-15)19(2)13-7-5-4-6-8-13/h4-10,12H,3,11H2,1-2H3,(H,17,20). The van der Waals surface area contributed by atoms with Crippen molar-refractivity contribution < 1.29 is 4.79 Å². The molecule has 0 aliphatic rings. The van der Waals surface area contributed by atoms with E-state index in [0.717, 1.165) is 17.8 Å². The highest BCUT2D eigenvalue weighted by Gasteiger charge is 2.08. The van der Waals surface area contributed by atoms with Gasteiger partial charge in [-0.25, -0.2) is 4.98 Å². The quantitative estimate of drug-likeness (QED) is 0.907. The van der Waals surface area contributed by atoms with E-state index in [0.29, 0.717) is 12.2 Å². The number of benzene rings is 1. The highest BCUT2D eigenvalue weighted by atomic mass is 16.1. The number of aromatic nitrogens is 1. The Morgan fingerprint density at radius 2 is 1.90 bits per heavy atom. The molecule has 1 N–H and O–H groups in total. The second-order valence-electron chi connectivity index (χ2n) is 4.55. The van der Waals surface area contributed by atoms with Crippen molar-refractivity contribution in [3.63, 3.8) is 0 Å². The van der Waals surface area contributed by atoms with Crippen LogP contribution in [0.15, 0.2) is 48.7 Å². The molecule has 0 radical (unpaired) electrons. The number of nitrogens with one attached hydrogen (secondary N) is 1. The Hall–Kier alpha value is -2.36. The van der Waals surface area contributed by atoms with Crippen molar-refractivity contribution in [3.05, 3.63) is 54.4 Å². The average molecular weight is 269 g/mol. The van der Waals surface area contributed by atoms with Crippen molar-refractivity contribution in [1.29, 1.82) is 0 Å².